The van der Waals surface area contributed by atoms with E-state index in [4.69, 9.17) is 0 Å². The molecule has 1 amide bonds. The highest BCUT2D eigenvalue weighted by molar-refractivity contribution is 7.91. The Balaban J connectivity index is 1.81. The second-order valence-electron chi connectivity index (χ2n) is 9.14. The predicted molar refractivity (Wildman–Crippen MR) is 123 cm³/mol. The van der Waals surface area contributed by atoms with Crippen molar-refractivity contribution in [1.82, 2.24) is 9.47 Å². The van der Waals surface area contributed by atoms with E-state index in [2.05, 4.69) is 22.9 Å². The number of aromatic nitrogens is 1. The number of hydrogen-bond donors (Lipinski definition) is 1. The number of nitrogens with one attached hydrogen (secondary N) is 1. The number of nitriles is 1. The maximum absolute atomic E-state index is 13.1. The van der Waals surface area contributed by atoms with Crippen molar-refractivity contribution in [3.05, 3.63) is 16.8 Å². The summed E-state index contributed by atoms with van der Waals surface area (Å²) in [6.45, 7) is 6.92. The van der Waals surface area contributed by atoms with Crippen LogP contribution < -0.4 is 5.32 Å². The Bertz CT molecular complexity index is 939. The highest BCUT2D eigenvalue weighted by Gasteiger charge is 2.33. The van der Waals surface area contributed by atoms with Gasteiger partial charge in [-0.25, -0.2) is 8.42 Å². The Morgan fingerprint density at radius 3 is 2.52 bits per heavy atom. The minimum atomic E-state index is -3.01. The van der Waals surface area contributed by atoms with Crippen molar-refractivity contribution in [1.29, 1.82) is 5.26 Å². The maximum atomic E-state index is 13.1. The van der Waals surface area contributed by atoms with Crippen molar-refractivity contribution in [3.63, 3.8) is 0 Å². The first-order chi connectivity index (χ1) is 14.8. The van der Waals surface area contributed by atoms with Gasteiger partial charge in [-0.2, -0.15) is 5.26 Å². The van der Waals surface area contributed by atoms with Gasteiger partial charge in [-0.3, -0.25) is 9.69 Å². The Morgan fingerprint density at radius 2 is 1.94 bits per heavy atom. The molecular weight excluding hydrogens is 412 g/mol. The zero-order valence-electron chi connectivity index (χ0n) is 19.1. The molecule has 1 N–H and O–H groups in total. The number of rotatable bonds is 8. The second kappa shape index (κ2) is 10.2. The second-order valence-corrected chi connectivity index (χ2v) is 11.4. The Hall–Kier alpha value is -1.85. The van der Waals surface area contributed by atoms with E-state index < -0.39 is 9.84 Å². The van der Waals surface area contributed by atoms with Crippen molar-refractivity contribution in [2.45, 2.75) is 84.2 Å². The van der Waals surface area contributed by atoms with Crippen LogP contribution in [0.2, 0.25) is 0 Å². The zero-order valence-corrected chi connectivity index (χ0v) is 19.9. The van der Waals surface area contributed by atoms with Crippen molar-refractivity contribution >= 4 is 21.6 Å². The molecule has 31 heavy (non-hydrogen) atoms. The van der Waals surface area contributed by atoms with Crippen LogP contribution in [0.1, 0.15) is 81.2 Å². The number of nitrogens with zero attached hydrogens (tertiary/aromatic N) is 3. The fourth-order valence-electron chi connectivity index (χ4n) is 5.05. The number of sulfone groups is 1. The third kappa shape index (κ3) is 5.50. The van der Waals surface area contributed by atoms with Gasteiger partial charge in [0, 0.05) is 17.8 Å². The van der Waals surface area contributed by atoms with E-state index in [9.17, 15) is 18.5 Å². The van der Waals surface area contributed by atoms with Crippen LogP contribution in [-0.4, -0.2) is 54.4 Å². The average Bonchev–Trinajstić information content (AvgIpc) is 3.22. The van der Waals surface area contributed by atoms with Crippen LogP contribution in [0.4, 0.5) is 5.82 Å². The normalized spacial score (nSPS) is 21.3. The number of unbranched alkanes of at least 4 members (excludes halogenated alkanes) is 1. The lowest BCUT2D eigenvalue weighted by Gasteiger charge is -2.29. The molecule has 1 saturated carbocycles. The molecule has 1 aliphatic heterocycles. The molecule has 3 rings (SSSR count). The monoisotopic (exact) mass is 448 g/mol. The van der Waals surface area contributed by atoms with Crippen LogP contribution in [0.5, 0.6) is 0 Å². The molecule has 0 bridgehead atoms. The summed E-state index contributed by atoms with van der Waals surface area (Å²) in [5.41, 5.74) is 2.51. The molecule has 1 unspecified atom stereocenters. The molecular formula is C23H36N4O3S. The molecule has 2 aliphatic rings. The summed E-state index contributed by atoms with van der Waals surface area (Å²) in [7, 11) is -3.01. The number of carbonyl (C=O) groups is 1. The summed E-state index contributed by atoms with van der Waals surface area (Å²) >= 11 is 0. The Kier molecular flexibility index (Phi) is 7.82. The molecule has 1 saturated heterocycles. The molecule has 1 aromatic rings. The van der Waals surface area contributed by atoms with Crippen molar-refractivity contribution in [3.8, 4) is 6.07 Å². The quantitative estimate of drug-likeness (QED) is 0.654. The third-order valence-electron chi connectivity index (χ3n) is 6.94. The Morgan fingerprint density at radius 1 is 1.23 bits per heavy atom. The highest BCUT2D eigenvalue weighted by Crippen LogP contribution is 2.36. The smallest absolute Gasteiger partial charge is 0.239 e. The lowest BCUT2D eigenvalue weighted by molar-refractivity contribution is -0.117. The van der Waals surface area contributed by atoms with Gasteiger partial charge in [-0.1, -0.05) is 32.6 Å². The Labute approximate surface area is 186 Å². The van der Waals surface area contributed by atoms with Crippen LogP contribution in [-0.2, 0) is 14.6 Å². The molecule has 8 heteroatoms. The first-order valence-corrected chi connectivity index (χ1v) is 13.4. The summed E-state index contributed by atoms with van der Waals surface area (Å²) < 4.78 is 26.1. The first-order valence-electron chi connectivity index (χ1n) is 11.6. The number of anilines is 1. The number of hydrogen-bond acceptors (Lipinski definition) is 5. The molecule has 1 aliphatic carbocycles. The van der Waals surface area contributed by atoms with Crippen LogP contribution in [0.3, 0.4) is 0 Å². The summed E-state index contributed by atoms with van der Waals surface area (Å²) in [5.74, 6) is 0.767. The molecule has 1 atom stereocenters. The van der Waals surface area contributed by atoms with Gasteiger partial charge < -0.3 is 9.88 Å². The molecule has 2 fully saturated rings. The summed E-state index contributed by atoms with van der Waals surface area (Å²) in [6.07, 6.45) is 8.17. The van der Waals surface area contributed by atoms with Crippen molar-refractivity contribution < 1.29 is 13.2 Å². The van der Waals surface area contributed by atoms with E-state index in [1.807, 2.05) is 18.7 Å². The van der Waals surface area contributed by atoms with Gasteiger partial charge in [-0.05, 0) is 51.6 Å². The maximum Gasteiger partial charge on any atom is 0.239 e. The summed E-state index contributed by atoms with van der Waals surface area (Å²) in [4.78, 5) is 15.1. The minimum Gasteiger partial charge on any atom is -0.327 e. The lowest BCUT2D eigenvalue weighted by Crippen LogP contribution is -2.42. The van der Waals surface area contributed by atoms with Gasteiger partial charge in [-0.15, -0.1) is 0 Å². The molecule has 1 aromatic heterocycles. The molecule has 2 heterocycles. The highest BCUT2D eigenvalue weighted by atomic mass is 32.2. The van der Waals surface area contributed by atoms with E-state index in [1.165, 1.54) is 6.42 Å². The summed E-state index contributed by atoms with van der Waals surface area (Å²) in [6, 6.07) is 2.50. The summed E-state index contributed by atoms with van der Waals surface area (Å²) in [5, 5.41) is 12.8. The van der Waals surface area contributed by atoms with E-state index in [-0.39, 0.29) is 30.0 Å². The van der Waals surface area contributed by atoms with Crippen LogP contribution in [0.25, 0.3) is 0 Å². The molecule has 0 aromatic carbocycles. The van der Waals surface area contributed by atoms with Gasteiger partial charge in [0.25, 0.3) is 0 Å². The van der Waals surface area contributed by atoms with Gasteiger partial charge >= 0.3 is 0 Å². The fourth-order valence-corrected chi connectivity index (χ4v) is 6.82. The molecule has 172 valence electrons. The van der Waals surface area contributed by atoms with E-state index in [0.29, 0.717) is 30.4 Å². The SMILES string of the molecule is CCCCN(CC(=O)Nc1c(C#N)c(C)c(C)n1C1CCCCC1)C1CCS(=O)(=O)C1. The average molecular weight is 449 g/mol. The largest absolute Gasteiger partial charge is 0.327 e. The van der Waals surface area contributed by atoms with Crippen molar-refractivity contribution in [2.75, 3.05) is 29.9 Å². The molecule has 0 spiro atoms. The number of amides is 1. The minimum absolute atomic E-state index is 0.105. The van der Waals surface area contributed by atoms with Gasteiger partial charge in [0.15, 0.2) is 9.84 Å². The van der Waals surface area contributed by atoms with Crippen LogP contribution in [0.15, 0.2) is 0 Å². The van der Waals surface area contributed by atoms with Gasteiger partial charge in [0.2, 0.25) is 5.91 Å². The topological polar surface area (TPSA) is 95.2 Å². The third-order valence-corrected chi connectivity index (χ3v) is 8.69. The first kappa shape index (κ1) is 23.8. The van der Waals surface area contributed by atoms with Crippen molar-refractivity contribution in [2.24, 2.45) is 0 Å². The molecule has 7 nitrogen and oxygen atoms in total. The lowest BCUT2D eigenvalue weighted by atomic mass is 9.95. The van der Waals surface area contributed by atoms with Gasteiger partial charge in [0.05, 0.1) is 23.6 Å². The van der Waals surface area contributed by atoms with Gasteiger partial charge in [0.1, 0.15) is 11.9 Å². The predicted octanol–water partition coefficient (Wildman–Crippen LogP) is 3.71. The molecule has 0 radical (unpaired) electrons. The van der Waals surface area contributed by atoms with E-state index in [0.717, 1.165) is 49.8 Å². The van der Waals surface area contributed by atoms with Crippen LogP contribution in [0, 0.1) is 25.2 Å². The van der Waals surface area contributed by atoms with E-state index in [1.54, 1.807) is 0 Å². The number of carbonyl (C=O) groups excluding carboxylic acids is 1. The van der Waals surface area contributed by atoms with Crippen LogP contribution >= 0.6 is 0 Å². The zero-order chi connectivity index (χ0) is 22.6. The van der Waals surface area contributed by atoms with E-state index >= 15 is 0 Å². The standard InChI is InChI=1S/C23H36N4O3S/c1-4-5-12-26(20-11-13-31(29,30)16-20)15-22(28)25-23-21(14-24)17(2)18(3)27(23)19-9-7-6-8-10-19/h19-20H,4-13,15-16H2,1-3H3,(H,25,28). The fraction of sp³-hybridized carbons (Fsp3) is 0.739.